The zero-order chi connectivity index (χ0) is 11.2. The Kier molecular flexibility index (Phi) is 5.95. The van der Waals surface area contributed by atoms with Crippen molar-refractivity contribution in [2.24, 2.45) is 0 Å². The zero-order valence-electron chi connectivity index (χ0n) is 8.43. The molecule has 0 heterocycles. The fourth-order valence-corrected chi connectivity index (χ4v) is 1.96. The maximum Gasteiger partial charge on any atom is 0.475 e. The van der Waals surface area contributed by atoms with E-state index in [9.17, 15) is 9.36 Å². The van der Waals surface area contributed by atoms with Gasteiger partial charge in [0.1, 0.15) is 0 Å². The van der Waals surface area contributed by atoms with Crippen molar-refractivity contribution in [3.8, 4) is 0 Å². The average molecular weight is 226 g/mol. The van der Waals surface area contributed by atoms with Gasteiger partial charge in [-0.3, -0.25) is 13.6 Å². The van der Waals surface area contributed by atoms with Gasteiger partial charge in [-0.15, -0.1) is 0 Å². The van der Waals surface area contributed by atoms with Crippen LogP contribution in [0.4, 0.5) is 0 Å². The van der Waals surface area contributed by atoms with Crippen LogP contribution in [-0.4, -0.2) is 30.4 Å². The number of carboxylic acid groups (broad SMARTS) is 1. The molecular formula is C7H15O6P. The number of carbonyl (C=O) groups is 1. The quantitative estimate of drug-likeness (QED) is 0.664. The van der Waals surface area contributed by atoms with Gasteiger partial charge in [0, 0.05) is 0 Å². The van der Waals surface area contributed by atoms with E-state index >= 15 is 0 Å². The van der Waals surface area contributed by atoms with Gasteiger partial charge in [-0.05, 0) is 20.8 Å². The zero-order valence-corrected chi connectivity index (χ0v) is 9.32. The fraction of sp³-hybridized carbons (Fsp3) is 0.857. The standard InChI is InChI=1S/C7H15O6P/c1-4-11-14(10,12-5-2)13-6(3)7(8)9/h6H,4-5H2,1-3H3,(H,8,9). The molecule has 0 saturated heterocycles. The van der Waals surface area contributed by atoms with Crippen LogP contribution in [0, 0.1) is 0 Å². The summed E-state index contributed by atoms with van der Waals surface area (Å²) < 4.78 is 25.8. The van der Waals surface area contributed by atoms with Gasteiger partial charge in [-0.25, -0.2) is 9.36 Å². The first-order valence-corrected chi connectivity index (χ1v) is 5.71. The SMILES string of the molecule is CCOP(=O)(OCC)OC(C)C(=O)O. The Hall–Kier alpha value is -0.420. The van der Waals surface area contributed by atoms with Crippen molar-refractivity contribution in [1.82, 2.24) is 0 Å². The molecule has 6 nitrogen and oxygen atoms in total. The van der Waals surface area contributed by atoms with Crippen LogP contribution in [0.25, 0.3) is 0 Å². The molecule has 84 valence electrons. The summed E-state index contributed by atoms with van der Waals surface area (Å²) in [6.45, 7) is 4.74. The van der Waals surface area contributed by atoms with Crippen LogP contribution >= 0.6 is 7.82 Å². The highest BCUT2D eigenvalue weighted by atomic mass is 31.2. The highest BCUT2D eigenvalue weighted by Crippen LogP contribution is 2.50. The second-order valence-corrected chi connectivity index (χ2v) is 3.99. The van der Waals surface area contributed by atoms with E-state index in [1.54, 1.807) is 13.8 Å². The predicted octanol–water partition coefficient (Wildman–Crippen LogP) is 1.66. The molecule has 0 amide bonds. The van der Waals surface area contributed by atoms with Gasteiger partial charge in [0.25, 0.3) is 0 Å². The molecule has 0 aromatic carbocycles. The van der Waals surface area contributed by atoms with Gasteiger partial charge in [0.05, 0.1) is 13.2 Å². The van der Waals surface area contributed by atoms with E-state index in [4.69, 9.17) is 18.7 Å². The number of phosphoric ester groups is 1. The van der Waals surface area contributed by atoms with E-state index in [-0.39, 0.29) is 13.2 Å². The summed E-state index contributed by atoms with van der Waals surface area (Å²) in [5.74, 6) is -1.22. The average Bonchev–Trinajstić information content (AvgIpc) is 2.04. The molecule has 0 aliphatic rings. The Labute approximate surface area is 82.8 Å². The Morgan fingerprint density at radius 2 is 1.79 bits per heavy atom. The van der Waals surface area contributed by atoms with Crippen molar-refractivity contribution in [2.75, 3.05) is 13.2 Å². The topological polar surface area (TPSA) is 82.1 Å². The molecule has 0 aliphatic heterocycles. The van der Waals surface area contributed by atoms with Crippen LogP contribution in [0.3, 0.4) is 0 Å². The molecule has 0 aromatic rings. The van der Waals surface area contributed by atoms with Crippen molar-refractivity contribution in [1.29, 1.82) is 0 Å². The molecule has 0 radical (unpaired) electrons. The van der Waals surface area contributed by atoms with Crippen molar-refractivity contribution in [2.45, 2.75) is 26.9 Å². The highest BCUT2D eigenvalue weighted by molar-refractivity contribution is 7.48. The summed E-state index contributed by atoms with van der Waals surface area (Å²) in [6.07, 6.45) is -1.22. The van der Waals surface area contributed by atoms with E-state index in [1.807, 2.05) is 0 Å². The molecule has 0 aromatic heterocycles. The maximum absolute atomic E-state index is 11.6. The Morgan fingerprint density at radius 1 is 1.36 bits per heavy atom. The number of rotatable bonds is 7. The molecule has 1 atom stereocenters. The van der Waals surface area contributed by atoms with Crippen LogP contribution in [-0.2, 0) is 22.9 Å². The Morgan fingerprint density at radius 3 is 2.07 bits per heavy atom. The summed E-state index contributed by atoms with van der Waals surface area (Å²) >= 11 is 0. The first-order chi connectivity index (χ1) is 6.45. The van der Waals surface area contributed by atoms with Crippen LogP contribution in [0.15, 0.2) is 0 Å². The van der Waals surface area contributed by atoms with Gasteiger partial charge >= 0.3 is 13.8 Å². The number of carboxylic acids is 1. The summed E-state index contributed by atoms with van der Waals surface area (Å²) in [7, 11) is -3.71. The lowest BCUT2D eigenvalue weighted by atomic mass is 10.4. The Balaban J connectivity index is 4.35. The van der Waals surface area contributed by atoms with Crippen molar-refractivity contribution in [3.63, 3.8) is 0 Å². The third-order valence-corrected chi connectivity index (χ3v) is 2.93. The molecule has 14 heavy (non-hydrogen) atoms. The van der Waals surface area contributed by atoms with Crippen LogP contribution in [0.2, 0.25) is 0 Å². The largest absolute Gasteiger partial charge is 0.479 e. The minimum absolute atomic E-state index is 0.129. The predicted molar refractivity (Wildman–Crippen MR) is 49.0 cm³/mol. The van der Waals surface area contributed by atoms with Crippen molar-refractivity contribution in [3.05, 3.63) is 0 Å². The molecule has 0 spiro atoms. The molecule has 0 aliphatic carbocycles. The first kappa shape index (κ1) is 13.6. The molecule has 1 unspecified atom stereocenters. The van der Waals surface area contributed by atoms with Crippen LogP contribution in [0.1, 0.15) is 20.8 Å². The van der Waals surface area contributed by atoms with E-state index < -0.39 is 19.9 Å². The maximum atomic E-state index is 11.6. The highest BCUT2D eigenvalue weighted by Gasteiger charge is 2.30. The van der Waals surface area contributed by atoms with Crippen LogP contribution < -0.4 is 0 Å². The van der Waals surface area contributed by atoms with Crippen molar-refractivity contribution < 1.29 is 28.0 Å². The number of hydrogen-bond acceptors (Lipinski definition) is 5. The lowest BCUT2D eigenvalue weighted by Gasteiger charge is -2.18. The normalized spacial score (nSPS) is 13.9. The summed E-state index contributed by atoms with van der Waals surface area (Å²) in [4.78, 5) is 10.4. The third-order valence-electron chi connectivity index (χ3n) is 1.21. The summed E-state index contributed by atoms with van der Waals surface area (Å²) in [6, 6.07) is 0. The smallest absolute Gasteiger partial charge is 0.475 e. The van der Waals surface area contributed by atoms with E-state index in [0.717, 1.165) is 0 Å². The summed E-state index contributed by atoms with van der Waals surface area (Å²) in [5.41, 5.74) is 0. The van der Waals surface area contributed by atoms with Gasteiger partial charge in [-0.2, -0.15) is 0 Å². The molecule has 0 rings (SSSR count). The van der Waals surface area contributed by atoms with Gasteiger partial charge in [-0.1, -0.05) is 0 Å². The molecule has 0 fully saturated rings. The van der Waals surface area contributed by atoms with Gasteiger partial charge in [0.2, 0.25) is 0 Å². The molecule has 0 bridgehead atoms. The molecular weight excluding hydrogens is 211 g/mol. The lowest BCUT2D eigenvalue weighted by Crippen LogP contribution is -2.19. The fourth-order valence-electron chi connectivity index (χ4n) is 0.653. The monoisotopic (exact) mass is 226 g/mol. The summed E-state index contributed by atoms with van der Waals surface area (Å²) in [5, 5.41) is 8.52. The van der Waals surface area contributed by atoms with Gasteiger partial charge < -0.3 is 5.11 Å². The van der Waals surface area contributed by atoms with E-state index in [0.29, 0.717) is 0 Å². The minimum atomic E-state index is -3.71. The van der Waals surface area contributed by atoms with E-state index in [2.05, 4.69) is 0 Å². The minimum Gasteiger partial charge on any atom is -0.479 e. The molecule has 0 saturated carbocycles. The Bertz CT molecular complexity index is 218. The number of phosphoric acid groups is 1. The number of aliphatic carboxylic acids is 1. The van der Waals surface area contributed by atoms with E-state index in [1.165, 1.54) is 6.92 Å². The third kappa shape index (κ3) is 4.72. The van der Waals surface area contributed by atoms with Gasteiger partial charge in [0.15, 0.2) is 6.10 Å². The molecule has 7 heteroatoms. The second-order valence-electron chi connectivity index (χ2n) is 2.37. The van der Waals surface area contributed by atoms with Crippen LogP contribution in [0.5, 0.6) is 0 Å². The lowest BCUT2D eigenvalue weighted by molar-refractivity contribution is -0.145. The molecule has 1 N–H and O–H groups in total. The second kappa shape index (κ2) is 6.14. The first-order valence-electron chi connectivity index (χ1n) is 4.25. The number of hydrogen-bond donors (Lipinski definition) is 1. The van der Waals surface area contributed by atoms with Crippen molar-refractivity contribution >= 4 is 13.8 Å².